The lowest BCUT2D eigenvalue weighted by molar-refractivity contribution is -0.124. The fraction of sp³-hybridized carbons (Fsp3) is 0.750. The van der Waals surface area contributed by atoms with Gasteiger partial charge in [0.1, 0.15) is 0 Å². The summed E-state index contributed by atoms with van der Waals surface area (Å²) in [5.74, 6) is 1.36. The molecule has 4 unspecified atom stereocenters. The Morgan fingerprint density at radius 2 is 2.31 bits per heavy atom. The van der Waals surface area contributed by atoms with E-state index < -0.39 is 12.4 Å². The van der Waals surface area contributed by atoms with Gasteiger partial charge in [-0.3, -0.25) is 0 Å². The summed E-state index contributed by atoms with van der Waals surface area (Å²) < 4.78 is 10.8. The number of hydrogen-bond acceptors (Lipinski definition) is 3. The van der Waals surface area contributed by atoms with E-state index in [1.54, 1.807) is 13.3 Å². The molecule has 4 heteroatoms. The Balaban J connectivity index is 2.11. The highest BCUT2D eigenvalue weighted by Crippen LogP contribution is 2.46. The molecule has 0 aromatic carbocycles. The third kappa shape index (κ3) is 1.88. The second-order valence-electron chi connectivity index (χ2n) is 4.76. The Labute approximate surface area is 96.0 Å². The first-order valence-corrected chi connectivity index (χ1v) is 5.84. The maximum atomic E-state index is 11.2. The molecule has 4 nitrogen and oxygen atoms in total. The fourth-order valence-corrected chi connectivity index (χ4v) is 2.84. The summed E-state index contributed by atoms with van der Waals surface area (Å²) >= 11 is 0. The van der Waals surface area contributed by atoms with Crippen LogP contribution in [0.3, 0.4) is 0 Å². The van der Waals surface area contributed by atoms with Gasteiger partial charge in [0.05, 0.1) is 6.26 Å². The molecule has 16 heavy (non-hydrogen) atoms. The van der Waals surface area contributed by atoms with Crippen LogP contribution in [0.5, 0.6) is 0 Å². The van der Waals surface area contributed by atoms with Crippen LogP contribution in [0.25, 0.3) is 0 Å². The highest BCUT2D eigenvalue weighted by atomic mass is 16.7. The molecule has 0 radical (unpaired) electrons. The molecule has 2 rings (SSSR count). The van der Waals surface area contributed by atoms with E-state index in [9.17, 15) is 4.79 Å². The number of allylic oxidation sites excluding steroid dienone is 1. The highest BCUT2D eigenvalue weighted by molar-refractivity contribution is 5.66. The van der Waals surface area contributed by atoms with Gasteiger partial charge < -0.3 is 14.8 Å². The van der Waals surface area contributed by atoms with E-state index in [0.29, 0.717) is 17.8 Å². The van der Waals surface area contributed by atoms with Crippen molar-refractivity contribution in [1.82, 2.24) is 5.32 Å². The maximum Gasteiger partial charge on any atom is 0.409 e. The summed E-state index contributed by atoms with van der Waals surface area (Å²) in [7, 11) is 1.56. The van der Waals surface area contributed by atoms with Gasteiger partial charge >= 0.3 is 6.09 Å². The van der Waals surface area contributed by atoms with Crippen LogP contribution >= 0.6 is 0 Å². The molecule has 0 aromatic rings. The molecule has 1 aliphatic carbocycles. The van der Waals surface area contributed by atoms with Crippen molar-refractivity contribution in [3.63, 3.8) is 0 Å². The molecule has 0 bridgehead atoms. The molecule has 1 heterocycles. The van der Waals surface area contributed by atoms with Crippen LogP contribution in [0, 0.1) is 17.8 Å². The van der Waals surface area contributed by atoms with Gasteiger partial charge in [-0.25, -0.2) is 4.79 Å². The van der Waals surface area contributed by atoms with E-state index in [1.165, 1.54) is 18.4 Å². The van der Waals surface area contributed by atoms with Gasteiger partial charge in [0.2, 0.25) is 6.29 Å². The van der Waals surface area contributed by atoms with Crippen molar-refractivity contribution in [3.05, 3.63) is 11.8 Å². The smallest absolute Gasteiger partial charge is 0.409 e. The average molecular weight is 225 g/mol. The third-order valence-electron chi connectivity index (χ3n) is 3.77. The molecule has 2 aliphatic rings. The lowest BCUT2D eigenvalue weighted by atomic mass is 9.84. The number of amides is 1. The average Bonchev–Trinajstić information content (AvgIpc) is 2.66. The molecule has 1 N–H and O–H groups in total. The number of carbonyl (C=O) groups is 1. The van der Waals surface area contributed by atoms with Crippen LogP contribution in [0.2, 0.25) is 0 Å². The van der Waals surface area contributed by atoms with Crippen molar-refractivity contribution in [2.24, 2.45) is 17.8 Å². The first kappa shape index (κ1) is 11.3. The molecular formula is C12H19NO3. The standard InChI is InChI=1S/C12H19NO3/c1-7-4-5-9-8(2)6-15-11(10(7)9)16-12(14)13-3/h6-7,9-11H,4-5H2,1-3H3,(H,13,14). The maximum absolute atomic E-state index is 11.2. The van der Waals surface area contributed by atoms with Crippen molar-refractivity contribution < 1.29 is 14.3 Å². The molecule has 1 amide bonds. The number of hydrogen-bond donors (Lipinski definition) is 1. The van der Waals surface area contributed by atoms with Crippen molar-refractivity contribution in [1.29, 1.82) is 0 Å². The lowest BCUT2D eigenvalue weighted by Gasteiger charge is -2.34. The molecule has 0 spiro atoms. The third-order valence-corrected chi connectivity index (χ3v) is 3.77. The summed E-state index contributed by atoms with van der Waals surface area (Å²) in [5.41, 5.74) is 1.27. The Kier molecular flexibility index (Phi) is 3.08. The molecule has 1 saturated carbocycles. The van der Waals surface area contributed by atoms with E-state index in [1.807, 2.05) is 0 Å². The topological polar surface area (TPSA) is 47.6 Å². The number of fused-ring (bicyclic) bond motifs is 1. The van der Waals surface area contributed by atoms with Crippen LogP contribution in [-0.4, -0.2) is 19.4 Å². The van der Waals surface area contributed by atoms with Gasteiger partial charge in [0.15, 0.2) is 0 Å². The second kappa shape index (κ2) is 4.36. The predicted octanol–water partition coefficient (Wildman–Crippen LogP) is 2.26. The molecule has 0 aromatic heterocycles. The molecular weight excluding hydrogens is 206 g/mol. The van der Waals surface area contributed by atoms with Gasteiger partial charge in [0.25, 0.3) is 0 Å². The van der Waals surface area contributed by atoms with Gasteiger partial charge in [-0.15, -0.1) is 0 Å². The molecule has 1 fully saturated rings. The van der Waals surface area contributed by atoms with Crippen molar-refractivity contribution in [2.75, 3.05) is 7.05 Å². The summed E-state index contributed by atoms with van der Waals surface area (Å²) in [5, 5.41) is 2.46. The normalized spacial score (nSPS) is 37.1. The van der Waals surface area contributed by atoms with Crippen LogP contribution < -0.4 is 5.32 Å². The van der Waals surface area contributed by atoms with Gasteiger partial charge in [-0.1, -0.05) is 6.92 Å². The minimum Gasteiger partial charge on any atom is -0.462 e. The molecule has 4 atom stereocenters. The number of rotatable bonds is 1. The number of carbonyl (C=O) groups excluding carboxylic acids is 1. The Bertz CT molecular complexity index is 313. The zero-order valence-electron chi connectivity index (χ0n) is 10.0. The lowest BCUT2D eigenvalue weighted by Crippen LogP contribution is -2.38. The van der Waals surface area contributed by atoms with E-state index >= 15 is 0 Å². The Hall–Kier alpha value is -1.19. The molecule has 1 aliphatic heterocycles. The monoisotopic (exact) mass is 225 g/mol. The number of ether oxygens (including phenoxy) is 2. The minimum atomic E-state index is -0.425. The first-order valence-electron chi connectivity index (χ1n) is 5.84. The first-order chi connectivity index (χ1) is 7.63. The summed E-state index contributed by atoms with van der Waals surface area (Å²) in [6.07, 6.45) is 3.25. The summed E-state index contributed by atoms with van der Waals surface area (Å²) in [6.45, 7) is 4.29. The van der Waals surface area contributed by atoms with Crippen molar-refractivity contribution in [2.45, 2.75) is 33.0 Å². The van der Waals surface area contributed by atoms with Crippen molar-refractivity contribution in [3.8, 4) is 0 Å². The Morgan fingerprint density at radius 3 is 3.00 bits per heavy atom. The van der Waals surface area contributed by atoms with Gasteiger partial charge in [0, 0.05) is 13.0 Å². The van der Waals surface area contributed by atoms with Crippen LogP contribution in [0.4, 0.5) is 4.79 Å². The SMILES string of the molecule is CNC(=O)OC1OC=C(C)C2CCC(C)C12. The molecule has 90 valence electrons. The quantitative estimate of drug-likeness (QED) is 0.744. The summed E-state index contributed by atoms with van der Waals surface area (Å²) in [4.78, 5) is 11.2. The van der Waals surface area contributed by atoms with Gasteiger partial charge in [-0.2, -0.15) is 0 Å². The fourth-order valence-electron chi connectivity index (χ4n) is 2.84. The zero-order valence-corrected chi connectivity index (χ0v) is 10.0. The Morgan fingerprint density at radius 1 is 1.56 bits per heavy atom. The number of nitrogens with one attached hydrogen (secondary N) is 1. The van der Waals surface area contributed by atoms with Crippen LogP contribution in [0.1, 0.15) is 26.7 Å². The van der Waals surface area contributed by atoms with E-state index in [4.69, 9.17) is 9.47 Å². The number of alkyl carbamates (subject to hydrolysis) is 1. The van der Waals surface area contributed by atoms with E-state index in [-0.39, 0.29) is 0 Å². The summed E-state index contributed by atoms with van der Waals surface area (Å²) in [6, 6.07) is 0. The predicted molar refractivity (Wildman–Crippen MR) is 59.5 cm³/mol. The largest absolute Gasteiger partial charge is 0.462 e. The van der Waals surface area contributed by atoms with Gasteiger partial charge in [-0.05, 0) is 37.2 Å². The molecule has 0 saturated heterocycles. The van der Waals surface area contributed by atoms with Crippen LogP contribution in [-0.2, 0) is 9.47 Å². The second-order valence-corrected chi connectivity index (χ2v) is 4.76. The zero-order chi connectivity index (χ0) is 11.7. The minimum absolute atomic E-state index is 0.308. The van der Waals surface area contributed by atoms with Crippen molar-refractivity contribution >= 4 is 6.09 Å². The highest BCUT2D eigenvalue weighted by Gasteiger charge is 2.44. The van der Waals surface area contributed by atoms with E-state index in [0.717, 1.165) is 0 Å². The van der Waals surface area contributed by atoms with E-state index in [2.05, 4.69) is 19.2 Å². The van der Waals surface area contributed by atoms with Crippen LogP contribution in [0.15, 0.2) is 11.8 Å².